The number of carbonyl (C=O) groups excluding carboxylic acids is 1. The van der Waals surface area contributed by atoms with Crippen molar-refractivity contribution >= 4 is 12.0 Å². The van der Waals surface area contributed by atoms with Crippen molar-refractivity contribution in [1.29, 1.82) is 0 Å². The molecule has 6 heteroatoms. The predicted octanol–water partition coefficient (Wildman–Crippen LogP) is 3.01. The summed E-state index contributed by atoms with van der Waals surface area (Å²) < 4.78 is 0. The molecular formula is C21H33N3O3. The molecule has 0 aliphatic carbocycles. The Morgan fingerprint density at radius 2 is 1.93 bits per heavy atom. The second-order valence-electron chi connectivity index (χ2n) is 7.83. The quantitative estimate of drug-likeness (QED) is 0.768. The molecule has 27 heavy (non-hydrogen) atoms. The standard InChI is InChI=1S/C21H33N3O3/c1-16(2)19(17-8-5-4-6-9-17)14-22-21(27)24-12-7-10-18(11-13-24)23(3)15-20(25)26/h4-6,8-9,16,18-19H,7,10-15H2,1-3H3,(H,22,27)(H,25,26). The van der Waals surface area contributed by atoms with Crippen molar-refractivity contribution in [2.24, 2.45) is 5.92 Å². The Morgan fingerprint density at radius 3 is 2.56 bits per heavy atom. The van der Waals surface area contributed by atoms with Crippen LogP contribution >= 0.6 is 0 Å². The van der Waals surface area contributed by atoms with Gasteiger partial charge >= 0.3 is 12.0 Å². The zero-order valence-electron chi connectivity index (χ0n) is 16.7. The van der Waals surface area contributed by atoms with Crippen LogP contribution in [0.1, 0.15) is 44.6 Å². The van der Waals surface area contributed by atoms with E-state index in [9.17, 15) is 9.59 Å². The van der Waals surface area contributed by atoms with Gasteiger partial charge in [-0.05, 0) is 37.8 Å². The Labute approximate surface area is 162 Å². The summed E-state index contributed by atoms with van der Waals surface area (Å²) in [6.45, 7) is 6.42. The largest absolute Gasteiger partial charge is 0.480 e. The van der Waals surface area contributed by atoms with Crippen molar-refractivity contribution in [3.63, 3.8) is 0 Å². The number of urea groups is 1. The van der Waals surface area contributed by atoms with Crippen molar-refractivity contribution < 1.29 is 14.7 Å². The number of nitrogens with one attached hydrogen (secondary N) is 1. The molecule has 0 spiro atoms. The second kappa shape index (κ2) is 10.3. The van der Waals surface area contributed by atoms with Crippen LogP contribution in [0.2, 0.25) is 0 Å². The van der Waals surface area contributed by atoms with Crippen LogP contribution < -0.4 is 5.32 Å². The molecule has 0 bridgehead atoms. The smallest absolute Gasteiger partial charge is 0.317 e. The lowest BCUT2D eigenvalue weighted by atomic mass is 9.88. The maximum absolute atomic E-state index is 12.7. The van der Waals surface area contributed by atoms with Gasteiger partial charge in [-0.2, -0.15) is 0 Å². The highest BCUT2D eigenvalue weighted by Crippen LogP contribution is 2.23. The molecule has 1 aliphatic rings. The molecular weight excluding hydrogens is 342 g/mol. The average Bonchev–Trinajstić information content (AvgIpc) is 2.88. The molecule has 0 radical (unpaired) electrons. The van der Waals surface area contributed by atoms with Crippen LogP contribution in [-0.4, -0.2) is 66.2 Å². The number of hydrogen-bond donors (Lipinski definition) is 2. The Hall–Kier alpha value is -2.08. The molecule has 2 amide bonds. The van der Waals surface area contributed by atoms with E-state index in [1.807, 2.05) is 35.0 Å². The maximum Gasteiger partial charge on any atom is 0.317 e. The third-order valence-electron chi connectivity index (χ3n) is 5.50. The highest BCUT2D eigenvalue weighted by molar-refractivity contribution is 5.74. The van der Waals surface area contributed by atoms with Crippen molar-refractivity contribution in [3.05, 3.63) is 35.9 Å². The minimum absolute atomic E-state index is 0.0156. The SMILES string of the molecule is CC(C)C(CNC(=O)N1CCCC(N(C)CC(=O)O)CC1)c1ccccc1. The van der Waals surface area contributed by atoms with Gasteiger partial charge in [0.05, 0.1) is 6.54 Å². The number of carboxylic acids is 1. The van der Waals surface area contributed by atoms with E-state index in [4.69, 9.17) is 5.11 Å². The predicted molar refractivity (Wildman–Crippen MR) is 107 cm³/mol. The zero-order chi connectivity index (χ0) is 19.8. The van der Waals surface area contributed by atoms with E-state index < -0.39 is 5.97 Å². The zero-order valence-corrected chi connectivity index (χ0v) is 16.7. The molecule has 1 aliphatic heterocycles. The molecule has 1 aromatic rings. The van der Waals surface area contributed by atoms with E-state index in [0.29, 0.717) is 19.0 Å². The number of carboxylic acid groups (broad SMARTS) is 1. The summed E-state index contributed by atoms with van der Waals surface area (Å²) in [6, 6.07) is 10.5. The van der Waals surface area contributed by atoms with Gasteiger partial charge in [-0.3, -0.25) is 9.69 Å². The van der Waals surface area contributed by atoms with Crippen LogP contribution in [0.3, 0.4) is 0 Å². The molecule has 1 fully saturated rings. The van der Waals surface area contributed by atoms with Gasteiger partial charge in [0.15, 0.2) is 0 Å². The van der Waals surface area contributed by atoms with Crippen molar-refractivity contribution in [2.45, 2.75) is 45.1 Å². The summed E-state index contributed by atoms with van der Waals surface area (Å²) >= 11 is 0. The molecule has 2 atom stereocenters. The fourth-order valence-electron chi connectivity index (χ4n) is 3.81. The fourth-order valence-corrected chi connectivity index (χ4v) is 3.81. The van der Waals surface area contributed by atoms with E-state index in [2.05, 4.69) is 31.3 Å². The summed E-state index contributed by atoms with van der Waals surface area (Å²) in [7, 11) is 1.85. The lowest BCUT2D eigenvalue weighted by Gasteiger charge is -2.27. The summed E-state index contributed by atoms with van der Waals surface area (Å²) in [4.78, 5) is 27.3. The highest BCUT2D eigenvalue weighted by atomic mass is 16.4. The van der Waals surface area contributed by atoms with Crippen LogP contribution in [0.5, 0.6) is 0 Å². The first-order valence-corrected chi connectivity index (χ1v) is 9.88. The van der Waals surface area contributed by atoms with Crippen LogP contribution in [0.15, 0.2) is 30.3 Å². The molecule has 1 heterocycles. The van der Waals surface area contributed by atoms with Gasteiger partial charge in [-0.1, -0.05) is 44.2 Å². The Bertz CT molecular complexity index is 606. The third kappa shape index (κ3) is 6.54. The lowest BCUT2D eigenvalue weighted by Crippen LogP contribution is -2.43. The molecule has 1 saturated heterocycles. The minimum Gasteiger partial charge on any atom is -0.480 e. The van der Waals surface area contributed by atoms with E-state index in [1.54, 1.807) is 0 Å². The van der Waals surface area contributed by atoms with E-state index in [-0.39, 0.29) is 24.5 Å². The van der Waals surface area contributed by atoms with Crippen LogP contribution in [-0.2, 0) is 4.79 Å². The second-order valence-corrected chi connectivity index (χ2v) is 7.83. The van der Waals surface area contributed by atoms with Gasteiger partial charge in [0.25, 0.3) is 0 Å². The van der Waals surface area contributed by atoms with Crippen molar-refractivity contribution in [2.75, 3.05) is 33.2 Å². The number of likely N-dealkylation sites (tertiary alicyclic amines) is 1. The van der Waals surface area contributed by atoms with Crippen LogP contribution in [0.25, 0.3) is 0 Å². The number of nitrogens with zero attached hydrogens (tertiary/aromatic N) is 2. The first-order valence-electron chi connectivity index (χ1n) is 9.88. The first-order chi connectivity index (χ1) is 12.9. The van der Waals surface area contributed by atoms with Crippen LogP contribution in [0, 0.1) is 5.92 Å². The van der Waals surface area contributed by atoms with Crippen molar-refractivity contribution in [1.82, 2.24) is 15.1 Å². The van der Waals surface area contributed by atoms with Gasteiger partial charge in [0.2, 0.25) is 0 Å². The number of rotatable bonds is 7. The van der Waals surface area contributed by atoms with Crippen molar-refractivity contribution in [3.8, 4) is 0 Å². The molecule has 0 aromatic heterocycles. The van der Waals surface area contributed by atoms with Gasteiger partial charge in [0.1, 0.15) is 0 Å². The maximum atomic E-state index is 12.7. The van der Waals surface area contributed by atoms with E-state index in [0.717, 1.165) is 25.8 Å². The normalized spacial score (nSPS) is 19.0. The monoisotopic (exact) mass is 375 g/mol. The molecule has 1 aromatic carbocycles. The lowest BCUT2D eigenvalue weighted by molar-refractivity contribution is -0.138. The summed E-state index contributed by atoms with van der Waals surface area (Å²) in [5.74, 6) is -0.0838. The number of likely N-dealkylation sites (N-methyl/N-ethyl adjacent to an activating group) is 1. The van der Waals surface area contributed by atoms with E-state index in [1.165, 1.54) is 5.56 Å². The van der Waals surface area contributed by atoms with E-state index >= 15 is 0 Å². The highest BCUT2D eigenvalue weighted by Gasteiger charge is 2.25. The van der Waals surface area contributed by atoms with Gasteiger partial charge in [-0.15, -0.1) is 0 Å². The summed E-state index contributed by atoms with van der Waals surface area (Å²) in [5, 5.41) is 12.1. The molecule has 6 nitrogen and oxygen atoms in total. The molecule has 150 valence electrons. The average molecular weight is 376 g/mol. The Kier molecular flexibility index (Phi) is 8.10. The Balaban J connectivity index is 1.87. The summed E-state index contributed by atoms with van der Waals surface area (Å²) in [5.41, 5.74) is 1.25. The van der Waals surface area contributed by atoms with Crippen LogP contribution in [0.4, 0.5) is 4.79 Å². The number of hydrogen-bond acceptors (Lipinski definition) is 3. The number of amides is 2. The van der Waals surface area contributed by atoms with Gasteiger partial charge < -0.3 is 15.3 Å². The number of carbonyl (C=O) groups is 2. The minimum atomic E-state index is -0.808. The Morgan fingerprint density at radius 1 is 1.22 bits per heavy atom. The molecule has 2 unspecified atom stereocenters. The topological polar surface area (TPSA) is 72.9 Å². The molecule has 2 N–H and O–H groups in total. The fraction of sp³-hybridized carbons (Fsp3) is 0.619. The number of aliphatic carboxylic acids is 1. The summed E-state index contributed by atoms with van der Waals surface area (Å²) in [6.07, 6.45) is 2.63. The van der Waals surface area contributed by atoms with Gasteiger partial charge in [0, 0.05) is 31.6 Å². The third-order valence-corrected chi connectivity index (χ3v) is 5.50. The van der Waals surface area contributed by atoms with Gasteiger partial charge in [-0.25, -0.2) is 4.79 Å². The first kappa shape index (κ1) is 21.2. The number of benzene rings is 1. The molecule has 0 saturated carbocycles. The molecule has 2 rings (SSSR count).